The number of benzene rings is 1. The van der Waals surface area contributed by atoms with Gasteiger partial charge < -0.3 is 15.7 Å². The van der Waals surface area contributed by atoms with E-state index >= 15 is 0 Å². The van der Waals surface area contributed by atoms with Crippen molar-refractivity contribution in [1.82, 2.24) is 5.32 Å². The second-order valence-electron chi connectivity index (χ2n) is 4.14. The van der Waals surface area contributed by atoms with Crippen LogP contribution in [0.3, 0.4) is 0 Å². The number of nitro benzene ring substituents is 1. The summed E-state index contributed by atoms with van der Waals surface area (Å²) in [6, 6.07) is 3.53. The standard InChI is InChI=1S/C11H13N3O4/c15-10-2-1-8(14(17)18)5-9(10)13-11(16)7-3-4-12-6-7/h1-2,5,7,12,15H,3-4,6H2,(H,13,16). The number of nitrogens with zero attached hydrogens (tertiary/aromatic N) is 1. The Morgan fingerprint density at radius 2 is 2.33 bits per heavy atom. The van der Waals surface area contributed by atoms with Crippen LogP contribution in [0.25, 0.3) is 0 Å². The molecule has 1 atom stereocenters. The maximum Gasteiger partial charge on any atom is 0.271 e. The summed E-state index contributed by atoms with van der Waals surface area (Å²) < 4.78 is 0. The number of anilines is 1. The highest BCUT2D eigenvalue weighted by Crippen LogP contribution is 2.28. The van der Waals surface area contributed by atoms with Crippen molar-refractivity contribution in [3.63, 3.8) is 0 Å². The summed E-state index contributed by atoms with van der Waals surface area (Å²) in [7, 11) is 0. The molecule has 18 heavy (non-hydrogen) atoms. The minimum absolute atomic E-state index is 0.0705. The number of carbonyl (C=O) groups excluding carboxylic acids is 1. The summed E-state index contributed by atoms with van der Waals surface area (Å²) in [6.45, 7) is 1.36. The van der Waals surface area contributed by atoms with Gasteiger partial charge in [-0.1, -0.05) is 0 Å². The molecule has 96 valence electrons. The largest absolute Gasteiger partial charge is 0.506 e. The SMILES string of the molecule is O=C(Nc1cc([N+](=O)[O-])ccc1O)C1CCNC1. The average molecular weight is 251 g/mol. The zero-order valence-corrected chi connectivity index (χ0v) is 9.55. The van der Waals surface area contributed by atoms with Gasteiger partial charge in [-0.25, -0.2) is 0 Å². The maximum absolute atomic E-state index is 11.8. The van der Waals surface area contributed by atoms with E-state index in [1.54, 1.807) is 0 Å². The van der Waals surface area contributed by atoms with E-state index in [1.807, 2.05) is 0 Å². The Balaban J connectivity index is 2.14. The number of phenolic OH excluding ortho intramolecular Hbond substituents is 1. The van der Waals surface area contributed by atoms with E-state index in [2.05, 4.69) is 10.6 Å². The fourth-order valence-electron chi connectivity index (χ4n) is 1.85. The Kier molecular flexibility index (Phi) is 3.42. The van der Waals surface area contributed by atoms with E-state index in [4.69, 9.17) is 0 Å². The molecule has 1 amide bonds. The molecule has 7 heteroatoms. The Bertz CT molecular complexity index is 483. The number of amides is 1. The van der Waals surface area contributed by atoms with Gasteiger partial charge in [0.2, 0.25) is 5.91 Å². The number of aromatic hydroxyl groups is 1. The molecule has 3 N–H and O–H groups in total. The van der Waals surface area contributed by atoms with E-state index in [0.29, 0.717) is 6.54 Å². The molecule has 0 aliphatic carbocycles. The van der Waals surface area contributed by atoms with Crippen molar-refractivity contribution in [2.24, 2.45) is 5.92 Å². The quantitative estimate of drug-likeness (QED) is 0.419. The van der Waals surface area contributed by atoms with E-state index in [9.17, 15) is 20.0 Å². The third-order valence-corrected chi connectivity index (χ3v) is 2.88. The lowest BCUT2D eigenvalue weighted by molar-refractivity contribution is -0.384. The summed E-state index contributed by atoms with van der Waals surface area (Å²) in [5.74, 6) is -0.584. The number of phenols is 1. The van der Waals surface area contributed by atoms with E-state index in [0.717, 1.165) is 19.0 Å². The van der Waals surface area contributed by atoms with Crippen LogP contribution >= 0.6 is 0 Å². The number of hydrogen-bond acceptors (Lipinski definition) is 5. The second kappa shape index (κ2) is 5.01. The van der Waals surface area contributed by atoms with Crippen LogP contribution in [-0.2, 0) is 4.79 Å². The van der Waals surface area contributed by atoms with Crippen LogP contribution in [0.4, 0.5) is 11.4 Å². The topological polar surface area (TPSA) is 104 Å². The first kappa shape index (κ1) is 12.3. The first-order chi connectivity index (χ1) is 8.58. The number of nitro groups is 1. The minimum Gasteiger partial charge on any atom is -0.506 e. The Morgan fingerprint density at radius 1 is 1.56 bits per heavy atom. The van der Waals surface area contributed by atoms with Crippen LogP contribution in [0, 0.1) is 16.0 Å². The molecule has 1 heterocycles. The van der Waals surface area contributed by atoms with Gasteiger partial charge in [-0.3, -0.25) is 14.9 Å². The number of nitrogens with one attached hydrogen (secondary N) is 2. The van der Waals surface area contributed by atoms with Gasteiger partial charge in [0, 0.05) is 18.7 Å². The third-order valence-electron chi connectivity index (χ3n) is 2.88. The normalized spacial score (nSPS) is 18.6. The molecule has 7 nitrogen and oxygen atoms in total. The molecule has 0 radical (unpaired) electrons. The lowest BCUT2D eigenvalue weighted by Gasteiger charge is -2.10. The van der Waals surface area contributed by atoms with Crippen LogP contribution in [0.1, 0.15) is 6.42 Å². The van der Waals surface area contributed by atoms with Gasteiger partial charge in [-0.15, -0.1) is 0 Å². The van der Waals surface area contributed by atoms with Gasteiger partial charge in [-0.2, -0.15) is 0 Å². The molecule has 1 aromatic carbocycles. The molecule has 1 aromatic rings. The predicted octanol–water partition coefficient (Wildman–Crippen LogP) is 0.848. The average Bonchev–Trinajstić information content (AvgIpc) is 2.85. The van der Waals surface area contributed by atoms with Crippen LogP contribution in [-0.4, -0.2) is 29.0 Å². The third kappa shape index (κ3) is 2.57. The van der Waals surface area contributed by atoms with Crippen molar-refractivity contribution in [1.29, 1.82) is 0 Å². The van der Waals surface area contributed by atoms with Crippen molar-refractivity contribution < 1.29 is 14.8 Å². The van der Waals surface area contributed by atoms with Crippen LogP contribution in [0.2, 0.25) is 0 Å². The first-order valence-electron chi connectivity index (χ1n) is 5.57. The van der Waals surface area contributed by atoms with Gasteiger partial charge in [0.15, 0.2) is 0 Å². The molecule has 0 spiro atoms. The van der Waals surface area contributed by atoms with Gasteiger partial charge in [0.1, 0.15) is 5.75 Å². The highest BCUT2D eigenvalue weighted by atomic mass is 16.6. The number of hydrogen-bond donors (Lipinski definition) is 3. The maximum atomic E-state index is 11.8. The molecule has 1 unspecified atom stereocenters. The van der Waals surface area contributed by atoms with E-state index in [-0.39, 0.29) is 28.9 Å². The zero-order chi connectivity index (χ0) is 13.1. The van der Waals surface area contributed by atoms with E-state index < -0.39 is 4.92 Å². The van der Waals surface area contributed by atoms with Crippen LogP contribution < -0.4 is 10.6 Å². The highest BCUT2D eigenvalue weighted by Gasteiger charge is 2.23. The van der Waals surface area contributed by atoms with Crippen molar-refractivity contribution >= 4 is 17.3 Å². The fourth-order valence-corrected chi connectivity index (χ4v) is 1.85. The molecule has 2 rings (SSSR count). The number of rotatable bonds is 3. The highest BCUT2D eigenvalue weighted by molar-refractivity contribution is 5.94. The monoisotopic (exact) mass is 251 g/mol. The molecule has 0 saturated carbocycles. The van der Waals surface area contributed by atoms with Gasteiger partial charge in [0.25, 0.3) is 5.69 Å². The van der Waals surface area contributed by atoms with E-state index in [1.165, 1.54) is 12.1 Å². The summed E-state index contributed by atoms with van der Waals surface area (Å²) >= 11 is 0. The van der Waals surface area contributed by atoms with Crippen molar-refractivity contribution in [2.75, 3.05) is 18.4 Å². The Morgan fingerprint density at radius 3 is 2.94 bits per heavy atom. The molecular weight excluding hydrogens is 238 g/mol. The first-order valence-corrected chi connectivity index (χ1v) is 5.57. The molecule has 1 aliphatic rings. The predicted molar refractivity (Wildman–Crippen MR) is 64.4 cm³/mol. The van der Waals surface area contributed by atoms with Gasteiger partial charge in [0.05, 0.1) is 16.5 Å². The molecule has 0 aromatic heterocycles. The molecule has 0 bridgehead atoms. The smallest absolute Gasteiger partial charge is 0.271 e. The second-order valence-corrected chi connectivity index (χ2v) is 4.14. The lowest BCUT2D eigenvalue weighted by Crippen LogP contribution is -2.24. The van der Waals surface area contributed by atoms with Crippen molar-refractivity contribution in [2.45, 2.75) is 6.42 Å². The summed E-state index contributed by atoms with van der Waals surface area (Å²) in [5.41, 5.74) is -0.103. The van der Waals surface area contributed by atoms with Crippen molar-refractivity contribution in [3.05, 3.63) is 28.3 Å². The van der Waals surface area contributed by atoms with Crippen LogP contribution in [0.5, 0.6) is 5.75 Å². The van der Waals surface area contributed by atoms with Crippen molar-refractivity contribution in [3.8, 4) is 5.75 Å². The molecule has 1 aliphatic heterocycles. The summed E-state index contributed by atoms with van der Waals surface area (Å²) in [4.78, 5) is 21.8. The van der Waals surface area contributed by atoms with Crippen LogP contribution in [0.15, 0.2) is 18.2 Å². The van der Waals surface area contributed by atoms with Gasteiger partial charge in [-0.05, 0) is 19.0 Å². The Hall–Kier alpha value is -2.15. The molecular formula is C11H13N3O4. The number of carbonyl (C=O) groups is 1. The minimum atomic E-state index is -0.577. The lowest BCUT2D eigenvalue weighted by atomic mass is 10.1. The number of non-ortho nitro benzene ring substituents is 1. The molecule has 1 fully saturated rings. The molecule has 1 saturated heterocycles. The zero-order valence-electron chi connectivity index (χ0n) is 9.55. The summed E-state index contributed by atoms with van der Waals surface area (Å²) in [6.07, 6.45) is 0.724. The Labute approximate surface area is 103 Å². The van der Waals surface area contributed by atoms with Gasteiger partial charge >= 0.3 is 0 Å². The fraction of sp³-hybridized carbons (Fsp3) is 0.364. The summed E-state index contributed by atoms with van der Waals surface area (Å²) in [5, 5.41) is 25.7.